The van der Waals surface area contributed by atoms with Gasteiger partial charge in [-0.15, -0.1) is 0 Å². The minimum atomic E-state index is 0.248. The third kappa shape index (κ3) is 1.79. The van der Waals surface area contributed by atoms with E-state index in [1.165, 1.54) is 56.7 Å². The minimum Gasteiger partial charge on any atom is -0.326 e. The smallest absolute Gasteiger partial charge is 0.127 e. The molecule has 2 atom stereocenters. The number of quaternary nitrogens is 2. The van der Waals surface area contributed by atoms with Crippen molar-refractivity contribution in [2.45, 2.75) is 26.2 Å². The SMILES string of the molecule is CCCCC12C[NH+]3CC[NH+](CC(=C1NO)C3)C2. The molecule has 96 valence electrons. The normalized spacial score (nSPS) is 39.6. The van der Waals surface area contributed by atoms with Gasteiger partial charge in [-0.3, -0.25) is 10.7 Å². The Kier molecular flexibility index (Phi) is 2.89. The highest BCUT2D eigenvalue weighted by atomic mass is 16.5. The summed E-state index contributed by atoms with van der Waals surface area (Å²) in [5.41, 5.74) is 5.51. The van der Waals surface area contributed by atoms with Gasteiger partial charge in [-0.1, -0.05) is 19.8 Å². The fourth-order valence-corrected chi connectivity index (χ4v) is 4.26. The fraction of sp³-hybridized carbons (Fsp3) is 0.846. The lowest BCUT2D eigenvalue weighted by Crippen LogP contribution is -3.14. The van der Waals surface area contributed by atoms with E-state index in [0.717, 1.165) is 13.1 Å². The van der Waals surface area contributed by atoms with Crippen LogP contribution in [0.1, 0.15) is 26.2 Å². The van der Waals surface area contributed by atoms with E-state index in [9.17, 15) is 5.21 Å². The van der Waals surface area contributed by atoms with E-state index in [1.807, 2.05) is 0 Å². The molecule has 2 fully saturated rings. The summed E-state index contributed by atoms with van der Waals surface area (Å²) in [6.07, 6.45) is 3.77. The van der Waals surface area contributed by atoms with Crippen molar-refractivity contribution in [3.63, 3.8) is 0 Å². The van der Waals surface area contributed by atoms with Gasteiger partial charge < -0.3 is 9.80 Å². The van der Waals surface area contributed by atoms with Gasteiger partial charge in [0.2, 0.25) is 0 Å². The Morgan fingerprint density at radius 3 is 2.41 bits per heavy atom. The van der Waals surface area contributed by atoms with Crippen LogP contribution in [0.25, 0.3) is 0 Å². The van der Waals surface area contributed by atoms with Crippen molar-refractivity contribution in [3.8, 4) is 0 Å². The molecule has 4 heterocycles. The molecular weight excluding hydrogens is 214 g/mol. The van der Waals surface area contributed by atoms with Gasteiger partial charge in [-0.25, -0.2) is 0 Å². The van der Waals surface area contributed by atoms with E-state index in [4.69, 9.17) is 0 Å². The summed E-state index contributed by atoms with van der Waals surface area (Å²) in [5.74, 6) is 0. The quantitative estimate of drug-likeness (QED) is 0.438. The number of unbranched alkanes of at least 4 members (excludes halogenated alkanes) is 1. The zero-order valence-electron chi connectivity index (χ0n) is 10.8. The highest BCUT2D eigenvalue weighted by molar-refractivity contribution is 5.25. The molecule has 2 unspecified atom stereocenters. The molecule has 0 aromatic heterocycles. The molecule has 4 bridgehead atoms. The van der Waals surface area contributed by atoms with Gasteiger partial charge in [0, 0.05) is 0 Å². The molecule has 4 N–H and O–H groups in total. The standard InChI is InChI=1S/C13H23N3O/c1-2-3-4-13-9-15-5-6-16(10-13)8-11(7-15)12(13)14-17/h14,17H,2-10H2,1H3/p+2. The number of fused-ring (bicyclic) bond motifs is 1. The molecule has 0 aliphatic carbocycles. The Bertz CT molecular complexity index is 322. The Balaban J connectivity index is 1.96. The van der Waals surface area contributed by atoms with Crippen LogP contribution in [0.5, 0.6) is 0 Å². The van der Waals surface area contributed by atoms with Gasteiger partial charge in [-0.2, -0.15) is 0 Å². The molecule has 4 aliphatic rings. The third-order valence-electron chi connectivity index (χ3n) is 4.94. The first-order valence-electron chi connectivity index (χ1n) is 7.07. The maximum absolute atomic E-state index is 9.53. The average Bonchev–Trinajstić information content (AvgIpc) is 2.55. The maximum atomic E-state index is 9.53. The van der Waals surface area contributed by atoms with Gasteiger partial charge in [0.1, 0.15) is 31.6 Å². The molecule has 0 amide bonds. The topological polar surface area (TPSA) is 41.1 Å². The first-order chi connectivity index (χ1) is 8.27. The van der Waals surface area contributed by atoms with Gasteiger partial charge in [0.15, 0.2) is 0 Å². The first kappa shape index (κ1) is 11.5. The highest BCUT2D eigenvalue weighted by Crippen LogP contribution is 2.34. The van der Waals surface area contributed by atoms with E-state index >= 15 is 0 Å². The first-order valence-corrected chi connectivity index (χ1v) is 7.07. The second kappa shape index (κ2) is 4.26. The van der Waals surface area contributed by atoms with Crippen molar-refractivity contribution in [1.29, 1.82) is 0 Å². The largest absolute Gasteiger partial charge is 0.326 e. The molecule has 4 aliphatic heterocycles. The lowest BCUT2D eigenvalue weighted by atomic mass is 9.73. The Hall–Kier alpha value is -0.580. The maximum Gasteiger partial charge on any atom is 0.127 e. The molecule has 0 radical (unpaired) electrons. The Labute approximate surface area is 103 Å². The number of hydrogen-bond donors (Lipinski definition) is 4. The van der Waals surface area contributed by atoms with Crippen LogP contribution in [0, 0.1) is 5.41 Å². The molecule has 2 saturated heterocycles. The molecule has 0 spiro atoms. The van der Waals surface area contributed by atoms with Gasteiger partial charge in [-0.05, 0) is 6.42 Å². The summed E-state index contributed by atoms with van der Waals surface area (Å²) >= 11 is 0. The van der Waals surface area contributed by atoms with Crippen LogP contribution >= 0.6 is 0 Å². The fourth-order valence-electron chi connectivity index (χ4n) is 4.26. The molecule has 0 aromatic carbocycles. The molecular formula is C13H25N3O+2. The lowest BCUT2D eigenvalue weighted by molar-refractivity contribution is -0.918. The number of hydroxylamine groups is 1. The molecule has 4 heteroatoms. The van der Waals surface area contributed by atoms with Crippen LogP contribution in [0.15, 0.2) is 11.3 Å². The number of hydrogen-bond acceptors (Lipinski definition) is 2. The monoisotopic (exact) mass is 239 g/mol. The van der Waals surface area contributed by atoms with Crippen LogP contribution in [-0.4, -0.2) is 44.5 Å². The Morgan fingerprint density at radius 1 is 1.24 bits per heavy atom. The zero-order valence-corrected chi connectivity index (χ0v) is 10.8. The summed E-state index contributed by atoms with van der Waals surface area (Å²) in [6.45, 7) is 9.64. The lowest BCUT2D eigenvalue weighted by Gasteiger charge is -2.43. The zero-order chi connectivity index (χ0) is 11.9. The molecule has 4 rings (SSSR count). The van der Waals surface area contributed by atoms with Gasteiger partial charge in [0.05, 0.1) is 24.4 Å². The van der Waals surface area contributed by atoms with E-state index < -0.39 is 0 Å². The van der Waals surface area contributed by atoms with E-state index in [1.54, 1.807) is 9.80 Å². The Morgan fingerprint density at radius 2 is 1.88 bits per heavy atom. The minimum absolute atomic E-state index is 0.248. The van der Waals surface area contributed by atoms with Crippen LogP contribution in [-0.2, 0) is 0 Å². The third-order valence-corrected chi connectivity index (χ3v) is 4.94. The van der Waals surface area contributed by atoms with Crippen molar-refractivity contribution in [1.82, 2.24) is 5.48 Å². The summed E-state index contributed by atoms with van der Waals surface area (Å²) in [7, 11) is 0. The van der Waals surface area contributed by atoms with Crippen LogP contribution in [0.2, 0.25) is 0 Å². The van der Waals surface area contributed by atoms with Crippen molar-refractivity contribution in [2.24, 2.45) is 5.41 Å². The predicted molar refractivity (Wildman–Crippen MR) is 65.0 cm³/mol. The summed E-state index contributed by atoms with van der Waals surface area (Å²) < 4.78 is 0. The van der Waals surface area contributed by atoms with Crippen LogP contribution in [0.4, 0.5) is 0 Å². The van der Waals surface area contributed by atoms with Gasteiger partial charge >= 0.3 is 0 Å². The second-order valence-corrected chi connectivity index (χ2v) is 6.18. The summed E-state index contributed by atoms with van der Waals surface area (Å²) in [6, 6.07) is 0. The highest BCUT2D eigenvalue weighted by Gasteiger charge is 2.52. The molecule has 0 saturated carbocycles. The molecule has 0 aromatic rings. The van der Waals surface area contributed by atoms with Gasteiger partial charge in [0.25, 0.3) is 0 Å². The van der Waals surface area contributed by atoms with Crippen LogP contribution in [0.3, 0.4) is 0 Å². The van der Waals surface area contributed by atoms with Crippen molar-refractivity contribution >= 4 is 0 Å². The second-order valence-electron chi connectivity index (χ2n) is 6.18. The van der Waals surface area contributed by atoms with Crippen LogP contribution < -0.4 is 15.3 Å². The average molecular weight is 239 g/mol. The van der Waals surface area contributed by atoms with E-state index in [2.05, 4.69) is 12.4 Å². The molecule has 4 nitrogen and oxygen atoms in total. The number of rotatable bonds is 4. The van der Waals surface area contributed by atoms with Crippen molar-refractivity contribution in [3.05, 3.63) is 11.3 Å². The van der Waals surface area contributed by atoms with Crippen molar-refractivity contribution in [2.75, 3.05) is 39.3 Å². The van der Waals surface area contributed by atoms with E-state index in [0.29, 0.717) is 0 Å². The summed E-state index contributed by atoms with van der Waals surface area (Å²) in [5, 5.41) is 9.53. The van der Waals surface area contributed by atoms with Crippen molar-refractivity contribution < 1.29 is 15.0 Å². The number of nitrogens with one attached hydrogen (secondary N) is 3. The van der Waals surface area contributed by atoms with E-state index in [-0.39, 0.29) is 5.41 Å². The summed E-state index contributed by atoms with van der Waals surface area (Å²) in [4.78, 5) is 3.48. The predicted octanol–water partition coefficient (Wildman–Crippen LogP) is -1.79. The molecule has 17 heavy (non-hydrogen) atoms.